The molecule has 0 aliphatic carbocycles. The number of aromatic nitrogens is 1. The fraction of sp³-hybridized carbons (Fsp3) is 0.267. The van der Waals surface area contributed by atoms with Crippen LogP contribution in [-0.4, -0.2) is 12.0 Å². The number of ether oxygens (including phenoxy) is 1. The molecule has 2 rings (SSSR count). The van der Waals surface area contributed by atoms with Crippen molar-refractivity contribution in [1.82, 2.24) is 10.3 Å². The van der Waals surface area contributed by atoms with Crippen molar-refractivity contribution >= 4 is 0 Å². The molecule has 3 heteroatoms. The first-order valence-corrected chi connectivity index (χ1v) is 6.06. The van der Waals surface area contributed by atoms with Crippen molar-refractivity contribution in [3.63, 3.8) is 0 Å². The summed E-state index contributed by atoms with van der Waals surface area (Å²) in [7, 11) is 1.93. The average molecular weight is 242 g/mol. The van der Waals surface area contributed by atoms with Crippen molar-refractivity contribution in [1.29, 1.82) is 0 Å². The zero-order valence-corrected chi connectivity index (χ0v) is 10.8. The van der Waals surface area contributed by atoms with E-state index in [-0.39, 0.29) is 0 Å². The Bertz CT molecular complexity index is 477. The van der Waals surface area contributed by atoms with Crippen LogP contribution in [0.2, 0.25) is 0 Å². The molecule has 0 spiro atoms. The molecule has 0 aliphatic heterocycles. The molecule has 0 atom stereocenters. The van der Waals surface area contributed by atoms with Crippen LogP contribution in [0.1, 0.15) is 16.8 Å². The van der Waals surface area contributed by atoms with Crippen LogP contribution >= 0.6 is 0 Å². The summed E-state index contributed by atoms with van der Waals surface area (Å²) in [5, 5.41) is 3.10. The lowest BCUT2D eigenvalue weighted by Crippen LogP contribution is -2.06. The molecule has 0 unspecified atom stereocenters. The number of rotatable bonds is 5. The van der Waals surface area contributed by atoms with Gasteiger partial charge in [0.2, 0.25) is 0 Å². The lowest BCUT2D eigenvalue weighted by molar-refractivity contribution is 0.301. The van der Waals surface area contributed by atoms with Crippen LogP contribution in [0.3, 0.4) is 0 Å². The van der Waals surface area contributed by atoms with Gasteiger partial charge in [-0.1, -0.05) is 23.8 Å². The zero-order chi connectivity index (χ0) is 12.8. The van der Waals surface area contributed by atoms with Gasteiger partial charge in [-0.05, 0) is 37.7 Å². The quantitative estimate of drug-likeness (QED) is 0.875. The van der Waals surface area contributed by atoms with Gasteiger partial charge in [-0.3, -0.25) is 4.98 Å². The predicted octanol–water partition coefficient (Wildman–Crippen LogP) is 2.69. The monoisotopic (exact) mass is 242 g/mol. The molecule has 1 heterocycles. The van der Waals surface area contributed by atoms with Crippen molar-refractivity contribution in [3.8, 4) is 5.75 Å². The molecule has 0 saturated carbocycles. The Kier molecular flexibility index (Phi) is 4.31. The minimum atomic E-state index is 0.503. The second kappa shape index (κ2) is 6.17. The molecule has 0 saturated heterocycles. The van der Waals surface area contributed by atoms with Crippen LogP contribution in [0.4, 0.5) is 0 Å². The SMILES string of the molecule is CNCc1ccc(COc2ccc(C)cc2)nc1. The molecule has 1 aromatic heterocycles. The largest absolute Gasteiger partial charge is 0.487 e. The molecule has 94 valence electrons. The van der Waals surface area contributed by atoms with E-state index in [1.807, 2.05) is 43.6 Å². The Morgan fingerprint density at radius 2 is 1.89 bits per heavy atom. The Morgan fingerprint density at radius 3 is 2.50 bits per heavy atom. The Morgan fingerprint density at radius 1 is 1.11 bits per heavy atom. The Labute approximate surface area is 108 Å². The second-order valence-electron chi connectivity index (χ2n) is 4.29. The van der Waals surface area contributed by atoms with Crippen LogP contribution in [0.15, 0.2) is 42.6 Å². The maximum Gasteiger partial charge on any atom is 0.130 e. The van der Waals surface area contributed by atoms with Crippen molar-refractivity contribution in [2.45, 2.75) is 20.1 Å². The standard InChI is InChI=1S/C15H18N2O/c1-12-3-7-15(8-4-12)18-11-14-6-5-13(9-16-2)10-17-14/h3-8,10,16H,9,11H2,1-2H3. The number of hydrogen-bond acceptors (Lipinski definition) is 3. The number of benzene rings is 1. The number of pyridine rings is 1. The highest BCUT2D eigenvalue weighted by molar-refractivity contribution is 5.26. The molecule has 2 aromatic rings. The normalized spacial score (nSPS) is 10.3. The van der Waals surface area contributed by atoms with E-state index in [9.17, 15) is 0 Å². The number of aryl methyl sites for hydroxylation is 1. The van der Waals surface area contributed by atoms with E-state index in [2.05, 4.69) is 23.3 Å². The summed E-state index contributed by atoms with van der Waals surface area (Å²) in [6.45, 7) is 3.40. The molecule has 3 nitrogen and oxygen atoms in total. The van der Waals surface area contributed by atoms with Crippen molar-refractivity contribution in [2.24, 2.45) is 0 Å². The third-order valence-corrected chi connectivity index (χ3v) is 2.67. The van der Waals surface area contributed by atoms with Crippen LogP contribution < -0.4 is 10.1 Å². The van der Waals surface area contributed by atoms with Crippen molar-refractivity contribution < 1.29 is 4.74 Å². The van der Waals surface area contributed by atoms with Crippen LogP contribution in [0.5, 0.6) is 5.75 Å². The molecule has 0 radical (unpaired) electrons. The zero-order valence-electron chi connectivity index (χ0n) is 10.8. The number of nitrogens with one attached hydrogen (secondary N) is 1. The Balaban J connectivity index is 1.91. The fourth-order valence-electron chi connectivity index (χ4n) is 1.64. The maximum atomic E-state index is 5.67. The van der Waals surface area contributed by atoms with E-state index < -0.39 is 0 Å². The first kappa shape index (κ1) is 12.6. The first-order valence-electron chi connectivity index (χ1n) is 6.06. The Hall–Kier alpha value is -1.87. The van der Waals surface area contributed by atoms with Gasteiger partial charge in [0, 0.05) is 12.7 Å². The second-order valence-corrected chi connectivity index (χ2v) is 4.29. The molecule has 0 fully saturated rings. The highest BCUT2D eigenvalue weighted by atomic mass is 16.5. The van der Waals surface area contributed by atoms with Crippen LogP contribution in [0.25, 0.3) is 0 Å². The smallest absolute Gasteiger partial charge is 0.130 e. The van der Waals surface area contributed by atoms with Gasteiger partial charge in [-0.15, -0.1) is 0 Å². The van der Waals surface area contributed by atoms with Gasteiger partial charge in [0.1, 0.15) is 12.4 Å². The van der Waals surface area contributed by atoms with E-state index in [0.29, 0.717) is 6.61 Å². The summed E-state index contributed by atoms with van der Waals surface area (Å²) in [5.41, 5.74) is 3.35. The van der Waals surface area contributed by atoms with Gasteiger partial charge in [-0.25, -0.2) is 0 Å². The van der Waals surface area contributed by atoms with E-state index in [4.69, 9.17) is 4.74 Å². The van der Waals surface area contributed by atoms with Gasteiger partial charge in [0.15, 0.2) is 0 Å². The molecule has 1 aromatic carbocycles. The highest BCUT2D eigenvalue weighted by Crippen LogP contribution is 2.13. The van der Waals surface area contributed by atoms with Crippen LogP contribution in [-0.2, 0) is 13.2 Å². The van der Waals surface area contributed by atoms with Crippen LogP contribution in [0, 0.1) is 6.92 Å². The van der Waals surface area contributed by atoms with Gasteiger partial charge in [0.25, 0.3) is 0 Å². The van der Waals surface area contributed by atoms with Gasteiger partial charge in [-0.2, -0.15) is 0 Å². The molecule has 0 amide bonds. The van der Waals surface area contributed by atoms with E-state index in [1.54, 1.807) is 0 Å². The van der Waals surface area contributed by atoms with E-state index in [0.717, 1.165) is 18.0 Å². The molecular weight excluding hydrogens is 224 g/mol. The summed E-state index contributed by atoms with van der Waals surface area (Å²) < 4.78 is 5.67. The summed E-state index contributed by atoms with van der Waals surface area (Å²) in [5.74, 6) is 0.877. The molecular formula is C15H18N2O. The van der Waals surface area contributed by atoms with Gasteiger partial charge < -0.3 is 10.1 Å². The van der Waals surface area contributed by atoms with E-state index in [1.165, 1.54) is 11.1 Å². The summed E-state index contributed by atoms with van der Waals surface area (Å²) in [6.07, 6.45) is 1.88. The van der Waals surface area contributed by atoms with Crippen molar-refractivity contribution in [2.75, 3.05) is 7.05 Å². The van der Waals surface area contributed by atoms with E-state index >= 15 is 0 Å². The first-order chi connectivity index (χ1) is 8.78. The van der Waals surface area contributed by atoms with Crippen molar-refractivity contribution in [3.05, 3.63) is 59.4 Å². The minimum absolute atomic E-state index is 0.503. The maximum absolute atomic E-state index is 5.67. The van der Waals surface area contributed by atoms with Gasteiger partial charge in [0.05, 0.1) is 5.69 Å². The summed E-state index contributed by atoms with van der Waals surface area (Å²) in [4.78, 5) is 4.36. The van der Waals surface area contributed by atoms with Gasteiger partial charge >= 0.3 is 0 Å². The average Bonchev–Trinajstić information content (AvgIpc) is 2.40. The number of nitrogens with zero attached hydrogens (tertiary/aromatic N) is 1. The number of hydrogen-bond donors (Lipinski definition) is 1. The molecule has 0 aliphatic rings. The topological polar surface area (TPSA) is 34.1 Å². The lowest BCUT2D eigenvalue weighted by Gasteiger charge is -2.06. The highest BCUT2D eigenvalue weighted by Gasteiger charge is 1.98. The molecule has 0 bridgehead atoms. The third kappa shape index (κ3) is 3.57. The summed E-state index contributed by atoms with van der Waals surface area (Å²) >= 11 is 0. The predicted molar refractivity (Wildman–Crippen MR) is 72.5 cm³/mol. The third-order valence-electron chi connectivity index (χ3n) is 2.67. The minimum Gasteiger partial charge on any atom is -0.487 e. The fourth-order valence-corrected chi connectivity index (χ4v) is 1.64. The molecule has 18 heavy (non-hydrogen) atoms. The lowest BCUT2D eigenvalue weighted by atomic mass is 10.2. The molecule has 1 N–H and O–H groups in total. The summed E-state index contributed by atoms with van der Waals surface area (Å²) in [6, 6.07) is 12.1.